The van der Waals surface area contributed by atoms with Crippen LogP contribution in [0, 0.1) is 0 Å². The van der Waals surface area contributed by atoms with Crippen molar-refractivity contribution in [3.63, 3.8) is 0 Å². The summed E-state index contributed by atoms with van der Waals surface area (Å²) in [5.74, 6) is 0. The van der Waals surface area contributed by atoms with Crippen molar-refractivity contribution in [2.45, 2.75) is 104 Å². The molecule has 0 saturated carbocycles. The lowest BCUT2D eigenvalue weighted by Gasteiger charge is -2.07. The molecule has 3 N–H and O–H groups in total. The standard InChI is InChI=1S/C42H50N4O/c1-4-7-10-13-31-34-20-22-36(43-34)32(14-11-8-5-2)38-24-26-40(45-38)42(30-18-16-29(28-47)17-19-30)41-27-25-39(46-41)33(15-12-9-6-3)37-23-21-35(31)44-37/h16-27,43,46-47H,4-15,28H2,1-3H3. The minimum Gasteiger partial charge on any atom is -0.392 e. The maximum atomic E-state index is 9.74. The van der Waals surface area contributed by atoms with E-state index in [2.05, 4.69) is 91.4 Å². The predicted octanol–water partition coefficient (Wildman–Crippen LogP) is 11.0. The molecule has 0 spiro atoms. The molecule has 0 saturated heterocycles. The fourth-order valence-electron chi connectivity index (χ4n) is 6.91. The summed E-state index contributed by atoms with van der Waals surface area (Å²) in [4.78, 5) is 18.4. The molecule has 0 atom stereocenters. The maximum absolute atomic E-state index is 9.74. The van der Waals surface area contributed by atoms with Gasteiger partial charge in [-0.1, -0.05) is 83.6 Å². The molecule has 1 aromatic carbocycles. The number of aromatic amines is 2. The highest BCUT2D eigenvalue weighted by molar-refractivity contribution is 5.92. The van der Waals surface area contributed by atoms with E-state index >= 15 is 0 Å². The number of fused-ring (bicyclic) bond motifs is 8. The van der Waals surface area contributed by atoms with Gasteiger partial charge in [-0.25, -0.2) is 9.97 Å². The van der Waals surface area contributed by atoms with E-state index in [0.29, 0.717) is 0 Å². The van der Waals surface area contributed by atoms with Crippen LogP contribution < -0.4 is 0 Å². The summed E-state index contributed by atoms with van der Waals surface area (Å²) in [6.07, 6.45) is 22.3. The van der Waals surface area contributed by atoms with Gasteiger partial charge in [0.05, 0.1) is 29.4 Å². The van der Waals surface area contributed by atoms with E-state index in [4.69, 9.17) is 9.97 Å². The van der Waals surface area contributed by atoms with Crippen LogP contribution in [0.5, 0.6) is 0 Å². The summed E-state index contributed by atoms with van der Waals surface area (Å²) >= 11 is 0. The number of benzene rings is 1. The molecule has 0 unspecified atom stereocenters. The van der Waals surface area contributed by atoms with Crippen molar-refractivity contribution in [3.05, 3.63) is 93.6 Å². The van der Waals surface area contributed by atoms with Gasteiger partial charge in [-0.05, 0) is 98.2 Å². The van der Waals surface area contributed by atoms with E-state index in [1.165, 1.54) is 60.7 Å². The van der Waals surface area contributed by atoms with Gasteiger partial charge in [0.1, 0.15) is 0 Å². The van der Waals surface area contributed by atoms with Crippen LogP contribution in [-0.4, -0.2) is 25.0 Å². The highest BCUT2D eigenvalue weighted by Crippen LogP contribution is 2.33. The molecule has 4 aromatic rings. The first-order valence-corrected chi connectivity index (χ1v) is 18.0. The zero-order chi connectivity index (χ0) is 32.6. The third kappa shape index (κ3) is 7.36. The quantitative estimate of drug-likeness (QED) is 0.105. The number of nitrogens with zero attached hydrogens (tertiary/aromatic N) is 2. The van der Waals surface area contributed by atoms with Gasteiger partial charge in [0.2, 0.25) is 0 Å². The molecule has 5 nitrogen and oxygen atoms in total. The predicted molar refractivity (Wildman–Crippen MR) is 200 cm³/mol. The summed E-state index contributed by atoms with van der Waals surface area (Å²) in [6.45, 7) is 6.81. The minimum absolute atomic E-state index is 0.0255. The van der Waals surface area contributed by atoms with Gasteiger partial charge >= 0.3 is 0 Å². The number of rotatable bonds is 14. The molecular weight excluding hydrogens is 576 g/mol. The largest absolute Gasteiger partial charge is 0.392 e. The van der Waals surface area contributed by atoms with Gasteiger partial charge in [0.25, 0.3) is 0 Å². The lowest BCUT2D eigenvalue weighted by molar-refractivity contribution is 0.282. The minimum atomic E-state index is 0.0255. The zero-order valence-electron chi connectivity index (χ0n) is 28.5. The highest BCUT2D eigenvalue weighted by Gasteiger charge is 2.17. The van der Waals surface area contributed by atoms with Crippen LogP contribution in [0.3, 0.4) is 0 Å². The Labute approximate surface area is 279 Å². The number of hydrogen-bond donors (Lipinski definition) is 3. The summed E-state index contributed by atoms with van der Waals surface area (Å²) < 4.78 is 0. The Morgan fingerprint density at radius 2 is 0.894 bits per heavy atom. The number of aromatic nitrogens is 4. The second-order valence-electron chi connectivity index (χ2n) is 13.0. The third-order valence-electron chi connectivity index (χ3n) is 9.60. The van der Waals surface area contributed by atoms with Gasteiger partial charge in [-0.2, -0.15) is 0 Å². The highest BCUT2D eigenvalue weighted by atomic mass is 16.3. The normalized spacial score (nSPS) is 12.3. The van der Waals surface area contributed by atoms with Crippen LogP contribution in [0.15, 0.2) is 48.5 Å². The Hall–Kier alpha value is -4.22. The average molecular weight is 627 g/mol. The Morgan fingerprint density at radius 1 is 0.489 bits per heavy atom. The number of nitrogens with one attached hydrogen (secondary N) is 2. The molecular formula is C42H50N4O. The first kappa shape index (κ1) is 32.7. The number of aryl methyl sites for hydroxylation is 3. The molecule has 5 heteroatoms. The molecule has 5 heterocycles. The summed E-state index contributed by atoms with van der Waals surface area (Å²) in [6, 6.07) is 17.1. The van der Waals surface area contributed by atoms with Gasteiger partial charge in [-0.15, -0.1) is 0 Å². The summed E-state index contributed by atoms with van der Waals surface area (Å²) in [5.41, 5.74) is 15.4. The smallest absolute Gasteiger partial charge is 0.0737 e. The monoisotopic (exact) mass is 626 g/mol. The molecule has 0 amide bonds. The van der Waals surface area contributed by atoms with Crippen LogP contribution in [0.2, 0.25) is 0 Å². The fraction of sp³-hybridized carbons (Fsp3) is 0.381. The molecule has 6 rings (SSSR count). The van der Waals surface area contributed by atoms with E-state index in [1.54, 1.807) is 0 Å². The van der Waals surface area contributed by atoms with Crippen molar-refractivity contribution in [2.24, 2.45) is 0 Å². The first-order valence-electron chi connectivity index (χ1n) is 18.0. The Balaban J connectivity index is 1.69. The Morgan fingerprint density at radius 3 is 1.34 bits per heavy atom. The van der Waals surface area contributed by atoms with Crippen LogP contribution >= 0.6 is 0 Å². The Kier molecular flexibility index (Phi) is 10.8. The van der Waals surface area contributed by atoms with Crippen molar-refractivity contribution < 1.29 is 5.11 Å². The van der Waals surface area contributed by atoms with E-state index in [9.17, 15) is 5.11 Å². The Bertz CT molecular complexity index is 1900. The molecule has 8 bridgehead atoms. The van der Waals surface area contributed by atoms with Gasteiger partial charge in [-0.3, -0.25) is 0 Å². The SMILES string of the molecule is CCCCCc1c2nc(c(CCCCC)c3ccc([nH]3)c(-c3ccc(CO)cc3)c3nc(c(CCCCC)c4ccc1[nH]4)C=C3)C=C2. The lowest BCUT2D eigenvalue weighted by atomic mass is 10.0. The number of H-pyrrole nitrogens is 2. The zero-order valence-corrected chi connectivity index (χ0v) is 28.5. The molecule has 0 radical (unpaired) electrons. The molecule has 244 valence electrons. The second kappa shape index (κ2) is 15.6. The average Bonchev–Trinajstić information content (AvgIpc) is 3.93. The topological polar surface area (TPSA) is 77.6 Å². The van der Waals surface area contributed by atoms with Crippen molar-refractivity contribution >= 4 is 46.4 Å². The molecule has 3 aromatic heterocycles. The van der Waals surface area contributed by atoms with Gasteiger partial charge in [0, 0.05) is 44.3 Å². The van der Waals surface area contributed by atoms with E-state index < -0.39 is 0 Å². The van der Waals surface area contributed by atoms with Crippen molar-refractivity contribution in [1.29, 1.82) is 0 Å². The third-order valence-corrected chi connectivity index (χ3v) is 9.60. The molecule has 2 aliphatic rings. The first-order chi connectivity index (χ1) is 23.1. The van der Waals surface area contributed by atoms with Gasteiger partial charge < -0.3 is 15.1 Å². The lowest BCUT2D eigenvalue weighted by Crippen LogP contribution is -1.95. The van der Waals surface area contributed by atoms with Crippen LogP contribution in [0.25, 0.3) is 57.5 Å². The summed E-state index contributed by atoms with van der Waals surface area (Å²) in [5, 5.41) is 9.74. The van der Waals surface area contributed by atoms with Crippen molar-refractivity contribution in [1.82, 2.24) is 19.9 Å². The maximum Gasteiger partial charge on any atom is 0.0737 e. The molecule has 0 aliphatic carbocycles. The molecule has 0 fully saturated rings. The van der Waals surface area contributed by atoms with Crippen LogP contribution in [0.4, 0.5) is 0 Å². The van der Waals surface area contributed by atoms with Gasteiger partial charge in [0.15, 0.2) is 0 Å². The van der Waals surface area contributed by atoms with Crippen LogP contribution in [-0.2, 0) is 25.9 Å². The number of hydrogen-bond acceptors (Lipinski definition) is 3. The number of unbranched alkanes of at least 4 members (excludes halogenated alkanes) is 6. The second-order valence-corrected chi connectivity index (χ2v) is 13.0. The van der Waals surface area contributed by atoms with E-state index in [0.717, 1.165) is 94.5 Å². The van der Waals surface area contributed by atoms with Crippen LogP contribution in [0.1, 0.15) is 124 Å². The molecule has 2 aliphatic heterocycles. The fourth-order valence-corrected chi connectivity index (χ4v) is 6.91. The van der Waals surface area contributed by atoms with Crippen molar-refractivity contribution in [2.75, 3.05) is 0 Å². The number of aliphatic hydroxyl groups excluding tert-OH is 1. The van der Waals surface area contributed by atoms with E-state index in [-0.39, 0.29) is 6.61 Å². The number of aliphatic hydroxyl groups is 1. The summed E-state index contributed by atoms with van der Waals surface area (Å²) in [7, 11) is 0. The molecule has 47 heavy (non-hydrogen) atoms. The van der Waals surface area contributed by atoms with E-state index in [1.807, 2.05) is 12.1 Å². The van der Waals surface area contributed by atoms with Crippen molar-refractivity contribution in [3.8, 4) is 11.1 Å².